The molecule has 3 aromatic rings. The summed E-state index contributed by atoms with van der Waals surface area (Å²) in [6.07, 6.45) is 0. The molecule has 0 spiro atoms. The van der Waals surface area contributed by atoms with Gasteiger partial charge in [-0.3, -0.25) is 9.69 Å². The number of hydrogen-bond acceptors (Lipinski definition) is 6. The average molecular weight is 459 g/mol. The SMILES string of the molecule is COCCN(CCOC)Cc1c(-c2ccccc2)sc(N)c1C(=O)c1ccc(Cl)cc1. The molecule has 31 heavy (non-hydrogen) atoms. The highest BCUT2D eigenvalue weighted by molar-refractivity contribution is 7.20. The lowest BCUT2D eigenvalue weighted by Gasteiger charge is -2.23. The first-order valence-electron chi connectivity index (χ1n) is 10.0. The van der Waals surface area contributed by atoms with Crippen LogP contribution in [0.25, 0.3) is 10.4 Å². The fourth-order valence-electron chi connectivity index (χ4n) is 3.39. The minimum absolute atomic E-state index is 0.0963. The van der Waals surface area contributed by atoms with Crippen molar-refractivity contribution in [1.29, 1.82) is 0 Å². The van der Waals surface area contributed by atoms with Crippen molar-refractivity contribution in [3.8, 4) is 10.4 Å². The van der Waals surface area contributed by atoms with E-state index >= 15 is 0 Å². The fourth-order valence-corrected chi connectivity index (χ4v) is 4.59. The molecule has 1 heterocycles. The standard InChI is InChI=1S/C24H27ClN2O3S/c1-29-14-12-27(13-15-30-2)16-20-21(22(28)17-8-10-19(25)11-9-17)24(26)31-23(20)18-6-4-3-5-7-18/h3-11H,12-16,26H2,1-2H3. The number of halogens is 1. The Hall–Kier alpha value is -2.22. The molecule has 0 atom stereocenters. The Bertz CT molecular complexity index is 982. The summed E-state index contributed by atoms with van der Waals surface area (Å²) >= 11 is 7.46. The van der Waals surface area contributed by atoms with Crippen LogP contribution < -0.4 is 5.73 Å². The molecule has 2 N–H and O–H groups in total. The lowest BCUT2D eigenvalue weighted by atomic mass is 9.97. The Kier molecular flexibility index (Phi) is 8.63. The zero-order chi connectivity index (χ0) is 22.2. The summed E-state index contributed by atoms with van der Waals surface area (Å²) in [6.45, 7) is 3.19. The smallest absolute Gasteiger partial charge is 0.196 e. The quantitative estimate of drug-likeness (QED) is 0.410. The number of thiophene rings is 1. The number of ketones is 1. The Labute approximate surface area is 192 Å². The Morgan fingerprint density at radius 1 is 1.00 bits per heavy atom. The van der Waals surface area contributed by atoms with Gasteiger partial charge in [0, 0.05) is 49.3 Å². The molecule has 1 aromatic heterocycles. The molecule has 0 fully saturated rings. The predicted molar refractivity (Wildman–Crippen MR) is 128 cm³/mol. The summed E-state index contributed by atoms with van der Waals surface area (Å²) in [5.74, 6) is -0.0963. The number of carbonyl (C=O) groups is 1. The fraction of sp³-hybridized carbons (Fsp3) is 0.292. The molecule has 7 heteroatoms. The highest BCUT2D eigenvalue weighted by Crippen LogP contribution is 2.40. The number of anilines is 1. The lowest BCUT2D eigenvalue weighted by Crippen LogP contribution is -2.31. The van der Waals surface area contributed by atoms with Crippen LogP contribution in [0.2, 0.25) is 5.02 Å². The highest BCUT2D eigenvalue weighted by atomic mass is 35.5. The van der Waals surface area contributed by atoms with Gasteiger partial charge in [0.2, 0.25) is 0 Å². The van der Waals surface area contributed by atoms with Gasteiger partial charge in [-0.2, -0.15) is 0 Å². The summed E-state index contributed by atoms with van der Waals surface area (Å²) in [6, 6.07) is 17.0. The van der Waals surface area contributed by atoms with E-state index in [1.807, 2.05) is 30.3 Å². The zero-order valence-electron chi connectivity index (χ0n) is 17.8. The number of nitrogen functional groups attached to an aromatic ring is 1. The van der Waals surface area contributed by atoms with Gasteiger partial charge in [0.05, 0.1) is 23.8 Å². The van der Waals surface area contributed by atoms with Crippen molar-refractivity contribution in [2.75, 3.05) is 46.3 Å². The van der Waals surface area contributed by atoms with Crippen LogP contribution in [0.4, 0.5) is 5.00 Å². The second-order valence-corrected chi connectivity index (χ2v) is 8.60. The monoisotopic (exact) mass is 458 g/mol. The maximum Gasteiger partial charge on any atom is 0.196 e. The van der Waals surface area contributed by atoms with Gasteiger partial charge < -0.3 is 15.2 Å². The van der Waals surface area contributed by atoms with Crippen molar-refractivity contribution in [2.45, 2.75) is 6.54 Å². The molecule has 0 bridgehead atoms. The van der Waals surface area contributed by atoms with Crippen molar-refractivity contribution in [1.82, 2.24) is 4.90 Å². The molecule has 3 rings (SSSR count). The molecule has 0 saturated heterocycles. The van der Waals surface area contributed by atoms with E-state index in [2.05, 4.69) is 4.90 Å². The van der Waals surface area contributed by atoms with Crippen molar-refractivity contribution in [2.24, 2.45) is 0 Å². The topological polar surface area (TPSA) is 64.8 Å². The predicted octanol–water partition coefficient (Wildman–Crippen LogP) is 4.98. The van der Waals surface area contributed by atoms with E-state index in [0.29, 0.717) is 40.9 Å². The number of nitrogens with two attached hydrogens (primary N) is 1. The van der Waals surface area contributed by atoms with Crippen molar-refractivity contribution in [3.63, 3.8) is 0 Å². The number of hydrogen-bond donors (Lipinski definition) is 1. The first kappa shape index (κ1) is 23.4. The van der Waals surface area contributed by atoms with Gasteiger partial charge in [-0.05, 0) is 35.4 Å². The van der Waals surface area contributed by atoms with Crippen molar-refractivity contribution in [3.05, 3.63) is 76.3 Å². The molecule has 5 nitrogen and oxygen atoms in total. The Morgan fingerprint density at radius 3 is 2.19 bits per heavy atom. The molecular weight excluding hydrogens is 432 g/mol. The number of rotatable bonds is 11. The second-order valence-electron chi connectivity index (χ2n) is 7.11. The summed E-state index contributed by atoms with van der Waals surface area (Å²) < 4.78 is 10.6. The summed E-state index contributed by atoms with van der Waals surface area (Å²) in [5, 5.41) is 1.11. The van der Waals surface area contributed by atoms with Crippen LogP contribution in [0.5, 0.6) is 0 Å². The Balaban J connectivity index is 2.06. The molecule has 0 radical (unpaired) electrons. The van der Waals surface area contributed by atoms with E-state index in [-0.39, 0.29) is 5.78 Å². The van der Waals surface area contributed by atoms with Gasteiger partial charge in [0.1, 0.15) is 0 Å². The number of methoxy groups -OCH3 is 2. The average Bonchev–Trinajstić information content (AvgIpc) is 3.11. The molecule has 0 amide bonds. The van der Waals surface area contributed by atoms with Crippen LogP contribution in [0.3, 0.4) is 0 Å². The third-order valence-corrected chi connectivity index (χ3v) is 6.37. The van der Waals surface area contributed by atoms with E-state index in [1.54, 1.807) is 38.5 Å². The normalized spacial score (nSPS) is 11.2. The van der Waals surface area contributed by atoms with E-state index in [9.17, 15) is 4.79 Å². The Morgan fingerprint density at radius 2 is 1.61 bits per heavy atom. The third kappa shape index (κ3) is 5.93. The largest absolute Gasteiger partial charge is 0.390 e. The zero-order valence-corrected chi connectivity index (χ0v) is 19.3. The van der Waals surface area contributed by atoms with Crippen molar-refractivity contribution >= 4 is 33.7 Å². The second kappa shape index (κ2) is 11.4. The highest BCUT2D eigenvalue weighted by Gasteiger charge is 2.25. The molecule has 0 unspecified atom stereocenters. The van der Waals surface area contributed by atoms with Crippen molar-refractivity contribution < 1.29 is 14.3 Å². The van der Waals surface area contributed by atoms with Crippen LogP contribution >= 0.6 is 22.9 Å². The maximum absolute atomic E-state index is 13.5. The van der Waals surface area contributed by atoms with Gasteiger partial charge in [-0.1, -0.05) is 41.9 Å². The van der Waals surface area contributed by atoms with Crippen LogP contribution in [-0.2, 0) is 16.0 Å². The summed E-state index contributed by atoms with van der Waals surface area (Å²) in [5.41, 5.74) is 9.53. The van der Waals surface area contributed by atoms with Crippen LogP contribution in [-0.4, -0.2) is 51.2 Å². The summed E-state index contributed by atoms with van der Waals surface area (Å²) in [7, 11) is 3.37. The van der Waals surface area contributed by atoms with Gasteiger partial charge in [0.25, 0.3) is 0 Å². The molecule has 0 aliphatic carbocycles. The van der Waals surface area contributed by atoms with Crippen LogP contribution in [0.1, 0.15) is 21.5 Å². The minimum atomic E-state index is -0.0963. The number of nitrogens with zero attached hydrogens (tertiary/aromatic N) is 1. The molecule has 0 aliphatic rings. The maximum atomic E-state index is 13.5. The third-order valence-electron chi connectivity index (χ3n) is 5.01. The van der Waals surface area contributed by atoms with Gasteiger partial charge in [-0.15, -0.1) is 11.3 Å². The number of ether oxygens (including phenoxy) is 2. The van der Waals surface area contributed by atoms with E-state index in [0.717, 1.165) is 29.1 Å². The first-order chi connectivity index (χ1) is 15.0. The molecule has 0 aliphatic heterocycles. The van der Waals surface area contributed by atoms with E-state index < -0.39 is 0 Å². The van der Waals surface area contributed by atoms with E-state index in [4.69, 9.17) is 26.8 Å². The minimum Gasteiger partial charge on any atom is -0.390 e. The van der Waals surface area contributed by atoms with Gasteiger partial charge in [-0.25, -0.2) is 0 Å². The van der Waals surface area contributed by atoms with E-state index in [1.165, 1.54) is 11.3 Å². The number of benzene rings is 2. The van der Waals surface area contributed by atoms with Gasteiger partial charge in [0.15, 0.2) is 5.78 Å². The molecular formula is C24H27ClN2O3S. The van der Waals surface area contributed by atoms with Crippen LogP contribution in [0, 0.1) is 0 Å². The summed E-state index contributed by atoms with van der Waals surface area (Å²) in [4.78, 5) is 16.7. The van der Waals surface area contributed by atoms with Gasteiger partial charge >= 0.3 is 0 Å². The lowest BCUT2D eigenvalue weighted by molar-refractivity contribution is 0.103. The first-order valence-corrected chi connectivity index (χ1v) is 11.2. The number of carbonyl (C=O) groups excluding carboxylic acids is 1. The molecule has 164 valence electrons. The van der Waals surface area contributed by atoms with Crippen LogP contribution in [0.15, 0.2) is 54.6 Å². The molecule has 2 aromatic carbocycles. The molecule has 0 saturated carbocycles.